The van der Waals surface area contributed by atoms with Gasteiger partial charge in [-0.1, -0.05) is 12.1 Å². The van der Waals surface area contributed by atoms with E-state index < -0.39 is 0 Å². The normalized spacial score (nSPS) is 19.9. The summed E-state index contributed by atoms with van der Waals surface area (Å²) in [5.41, 5.74) is 0.720. The van der Waals surface area contributed by atoms with E-state index in [4.69, 9.17) is 4.74 Å². The van der Waals surface area contributed by atoms with Crippen molar-refractivity contribution in [2.45, 2.75) is 32.8 Å². The third-order valence-electron chi connectivity index (χ3n) is 4.11. The lowest BCUT2D eigenvalue weighted by Gasteiger charge is -2.17. The number of hydrogen-bond donors (Lipinski definition) is 2. The topological polar surface area (TPSA) is 61.8 Å². The van der Waals surface area contributed by atoms with Crippen molar-refractivity contribution in [2.24, 2.45) is 5.92 Å². The zero-order valence-electron chi connectivity index (χ0n) is 13.4. The van der Waals surface area contributed by atoms with Gasteiger partial charge in [-0.25, -0.2) is 0 Å². The van der Waals surface area contributed by atoms with E-state index in [1.807, 2.05) is 38.1 Å². The number of hydrogen-bond acceptors (Lipinski definition) is 4. The monoisotopic (exact) mass is 306 g/mol. The molecular formula is C17H26N2O3. The highest BCUT2D eigenvalue weighted by Crippen LogP contribution is 2.24. The van der Waals surface area contributed by atoms with Gasteiger partial charge in [0, 0.05) is 19.5 Å². The molecule has 2 N–H and O–H groups in total. The molecule has 2 rings (SSSR count). The smallest absolute Gasteiger partial charge is 0.225 e. The fraction of sp³-hybridized carbons (Fsp3) is 0.588. The Morgan fingerprint density at radius 3 is 2.95 bits per heavy atom. The maximum atomic E-state index is 12.1. The van der Waals surface area contributed by atoms with Gasteiger partial charge in [0.2, 0.25) is 5.91 Å². The van der Waals surface area contributed by atoms with Crippen molar-refractivity contribution in [3.8, 4) is 5.75 Å². The molecule has 122 valence electrons. The van der Waals surface area contributed by atoms with Crippen LogP contribution in [0.2, 0.25) is 0 Å². The highest BCUT2D eigenvalue weighted by molar-refractivity contribution is 5.92. The SMILES string of the molecule is CCOc1ccccc1NC(=O)CCN1CCC(C(C)O)C1. The Kier molecular flexibility index (Phi) is 6.21. The van der Waals surface area contributed by atoms with Crippen LogP contribution in [0, 0.1) is 5.92 Å². The first kappa shape index (κ1) is 16.8. The van der Waals surface area contributed by atoms with Gasteiger partial charge in [-0.3, -0.25) is 4.79 Å². The molecule has 0 saturated carbocycles. The summed E-state index contributed by atoms with van der Waals surface area (Å²) in [6, 6.07) is 7.47. The van der Waals surface area contributed by atoms with Gasteiger partial charge in [-0.15, -0.1) is 0 Å². The number of rotatable bonds is 7. The standard InChI is InChI=1S/C17H26N2O3/c1-3-22-16-7-5-4-6-15(16)18-17(21)9-11-19-10-8-14(12-19)13(2)20/h4-7,13-14,20H,3,8-12H2,1-2H3,(H,18,21). The summed E-state index contributed by atoms with van der Waals surface area (Å²) >= 11 is 0. The number of benzene rings is 1. The molecule has 1 fully saturated rings. The molecule has 2 unspecified atom stereocenters. The number of nitrogens with zero attached hydrogens (tertiary/aromatic N) is 1. The molecule has 0 bridgehead atoms. The Bertz CT molecular complexity index is 491. The van der Waals surface area contributed by atoms with Crippen LogP contribution in [0.3, 0.4) is 0 Å². The Hall–Kier alpha value is -1.59. The minimum atomic E-state index is -0.267. The highest BCUT2D eigenvalue weighted by Gasteiger charge is 2.25. The van der Waals surface area contributed by atoms with E-state index in [-0.39, 0.29) is 12.0 Å². The molecular weight excluding hydrogens is 280 g/mol. The van der Waals surface area contributed by atoms with Gasteiger partial charge in [-0.05, 0) is 44.9 Å². The summed E-state index contributed by atoms with van der Waals surface area (Å²) in [5, 5.41) is 12.5. The molecule has 1 amide bonds. The van der Waals surface area contributed by atoms with Gasteiger partial charge in [0.05, 0.1) is 18.4 Å². The fourth-order valence-electron chi connectivity index (χ4n) is 2.78. The number of anilines is 1. The maximum absolute atomic E-state index is 12.1. The first-order valence-electron chi connectivity index (χ1n) is 8.02. The van der Waals surface area contributed by atoms with Crippen molar-refractivity contribution in [3.05, 3.63) is 24.3 Å². The third kappa shape index (κ3) is 4.71. The van der Waals surface area contributed by atoms with Gasteiger partial charge in [0.1, 0.15) is 5.75 Å². The number of ether oxygens (including phenoxy) is 1. The van der Waals surface area contributed by atoms with Crippen LogP contribution in [0.5, 0.6) is 5.75 Å². The van der Waals surface area contributed by atoms with E-state index in [0.717, 1.165) is 31.7 Å². The summed E-state index contributed by atoms with van der Waals surface area (Å²) in [6.45, 7) is 6.89. The summed E-state index contributed by atoms with van der Waals surface area (Å²) in [6.07, 6.45) is 1.19. The molecule has 0 aromatic heterocycles. The van der Waals surface area contributed by atoms with Crippen molar-refractivity contribution in [3.63, 3.8) is 0 Å². The second kappa shape index (κ2) is 8.15. The van der Waals surface area contributed by atoms with Gasteiger partial charge in [0.15, 0.2) is 0 Å². The molecule has 0 radical (unpaired) electrons. The summed E-state index contributed by atoms with van der Waals surface area (Å²) < 4.78 is 5.50. The number of aliphatic hydroxyl groups excluding tert-OH is 1. The van der Waals surface area contributed by atoms with Crippen molar-refractivity contribution >= 4 is 11.6 Å². The van der Waals surface area contributed by atoms with Gasteiger partial charge >= 0.3 is 0 Å². The molecule has 1 aliphatic heterocycles. The van der Waals surface area contributed by atoms with Crippen molar-refractivity contribution in [1.29, 1.82) is 0 Å². The molecule has 22 heavy (non-hydrogen) atoms. The molecule has 1 aromatic rings. The summed E-state index contributed by atoms with van der Waals surface area (Å²) in [7, 11) is 0. The predicted molar refractivity (Wildman–Crippen MR) is 87.1 cm³/mol. The Morgan fingerprint density at radius 2 is 2.27 bits per heavy atom. The quantitative estimate of drug-likeness (QED) is 0.810. The lowest BCUT2D eigenvalue weighted by molar-refractivity contribution is -0.116. The average Bonchev–Trinajstić information content (AvgIpc) is 2.97. The number of para-hydroxylation sites is 2. The van der Waals surface area contributed by atoms with E-state index in [2.05, 4.69) is 10.2 Å². The minimum absolute atomic E-state index is 0.00681. The molecule has 2 atom stereocenters. The van der Waals surface area contributed by atoms with Crippen LogP contribution in [-0.4, -0.2) is 48.3 Å². The van der Waals surface area contributed by atoms with Crippen LogP contribution in [0.15, 0.2) is 24.3 Å². The van der Waals surface area contributed by atoms with Crippen molar-refractivity contribution < 1.29 is 14.6 Å². The molecule has 1 heterocycles. The number of amides is 1. The molecule has 1 aliphatic rings. The fourth-order valence-corrected chi connectivity index (χ4v) is 2.78. The lowest BCUT2D eigenvalue weighted by atomic mass is 10.0. The van der Waals surface area contributed by atoms with E-state index in [0.29, 0.717) is 24.7 Å². The number of carbonyl (C=O) groups excluding carboxylic acids is 1. The van der Waals surface area contributed by atoms with E-state index in [1.54, 1.807) is 0 Å². The first-order valence-corrected chi connectivity index (χ1v) is 8.02. The van der Waals surface area contributed by atoms with E-state index in [1.165, 1.54) is 0 Å². The van der Waals surface area contributed by atoms with Gasteiger partial charge < -0.3 is 20.1 Å². The molecule has 1 aromatic carbocycles. The Balaban J connectivity index is 1.79. The second-order valence-electron chi connectivity index (χ2n) is 5.82. The average molecular weight is 306 g/mol. The number of likely N-dealkylation sites (tertiary alicyclic amines) is 1. The molecule has 5 heteroatoms. The molecule has 1 saturated heterocycles. The van der Waals surface area contributed by atoms with Crippen molar-refractivity contribution in [1.82, 2.24) is 4.90 Å². The zero-order valence-corrected chi connectivity index (χ0v) is 13.4. The van der Waals surface area contributed by atoms with Crippen LogP contribution in [0.4, 0.5) is 5.69 Å². The van der Waals surface area contributed by atoms with E-state index in [9.17, 15) is 9.90 Å². The second-order valence-corrected chi connectivity index (χ2v) is 5.82. The number of aliphatic hydroxyl groups is 1. The molecule has 5 nitrogen and oxygen atoms in total. The lowest BCUT2D eigenvalue weighted by Crippen LogP contribution is -2.27. The van der Waals surface area contributed by atoms with Crippen molar-refractivity contribution in [2.75, 3.05) is 31.6 Å². The molecule has 0 aliphatic carbocycles. The highest BCUT2D eigenvalue weighted by atomic mass is 16.5. The molecule has 0 spiro atoms. The number of carbonyl (C=O) groups is 1. The summed E-state index contributed by atoms with van der Waals surface area (Å²) in [4.78, 5) is 14.3. The van der Waals surface area contributed by atoms with Crippen LogP contribution >= 0.6 is 0 Å². The zero-order chi connectivity index (χ0) is 15.9. The number of nitrogens with one attached hydrogen (secondary N) is 1. The summed E-state index contributed by atoms with van der Waals surface area (Å²) in [5.74, 6) is 1.03. The first-order chi connectivity index (χ1) is 10.6. The van der Waals surface area contributed by atoms with Gasteiger partial charge in [0.25, 0.3) is 0 Å². The largest absolute Gasteiger partial charge is 0.492 e. The Morgan fingerprint density at radius 1 is 1.50 bits per heavy atom. The Labute approximate surface area is 132 Å². The van der Waals surface area contributed by atoms with Gasteiger partial charge in [-0.2, -0.15) is 0 Å². The minimum Gasteiger partial charge on any atom is -0.492 e. The maximum Gasteiger partial charge on any atom is 0.225 e. The van der Waals surface area contributed by atoms with Crippen LogP contribution < -0.4 is 10.1 Å². The van der Waals surface area contributed by atoms with E-state index >= 15 is 0 Å². The predicted octanol–water partition coefficient (Wildman–Crippen LogP) is 2.12. The van der Waals surface area contributed by atoms with Crippen LogP contribution in [-0.2, 0) is 4.79 Å². The third-order valence-corrected chi connectivity index (χ3v) is 4.11. The van der Waals surface area contributed by atoms with Crippen LogP contribution in [0.1, 0.15) is 26.7 Å². The van der Waals surface area contributed by atoms with Crippen LogP contribution in [0.25, 0.3) is 0 Å².